The molecule has 12 heteroatoms. The molecule has 0 saturated heterocycles. The number of ether oxygens (including phenoxy) is 1. The van der Waals surface area contributed by atoms with Crippen LogP contribution in [0.4, 0.5) is 26.3 Å². The van der Waals surface area contributed by atoms with E-state index in [-0.39, 0.29) is 31.6 Å². The first-order valence-electron chi connectivity index (χ1n) is 11.7. The van der Waals surface area contributed by atoms with E-state index in [0.717, 1.165) is 12.1 Å². The molecule has 1 amide bonds. The highest BCUT2D eigenvalue weighted by Crippen LogP contribution is 2.32. The molecule has 39 heavy (non-hydrogen) atoms. The van der Waals surface area contributed by atoms with Crippen LogP contribution in [0.25, 0.3) is 11.3 Å². The molecule has 2 N–H and O–H groups in total. The zero-order chi connectivity index (χ0) is 28.6. The first-order valence-corrected chi connectivity index (χ1v) is 11.7. The van der Waals surface area contributed by atoms with Gasteiger partial charge in [0.25, 0.3) is 5.91 Å². The van der Waals surface area contributed by atoms with Gasteiger partial charge in [-0.05, 0) is 54.4 Å². The normalized spacial score (nSPS) is 12.6. The summed E-state index contributed by atoms with van der Waals surface area (Å²) in [7, 11) is 0. The van der Waals surface area contributed by atoms with Crippen molar-refractivity contribution in [2.24, 2.45) is 0 Å². The fraction of sp³-hybridized carbons (Fsp3) is 0.296. The fourth-order valence-corrected chi connectivity index (χ4v) is 3.62. The molecular weight excluding hydrogens is 530 g/mol. The van der Waals surface area contributed by atoms with Gasteiger partial charge in [0, 0.05) is 36.2 Å². The van der Waals surface area contributed by atoms with Crippen molar-refractivity contribution in [3.05, 3.63) is 83.6 Å². The van der Waals surface area contributed by atoms with Crippen molar-refractivity contribution in [1.29, 1.82) is 0 Å². The quantitative estimate of drug-likeness (QED) is 0.265. The second-order valence-corrected chi connectivity index (χ2v) is 8.64. The number of aromatic nitrogens is 1. The van der Waals surface area contributed by atoms with Crippen LogP contribution < -0.4 is 10.1 Å². The van der Waals surface area contributed by atoms with Crippen LogP contribution in [0.1, 0.15) is 46.7 Å². The van der Waals surface area contributed by atoms with Gasteiger partial charge in [0.2, 0.25) is 0 Å². The number of aliphatic carboxylic acids is 1. The zero-order valence-corrected chi connectivity index (χ0v) is 20.4. The fourth-order valence-electron chi connectivity index (χ4n) is 3.62. The third kappa shape index (κ3) is 9.31. The minimum absolute atomic E-state index is 0.0427. The highest BCUT2D eigenvalue weighted by Gasteiger charge is 2.30. The Hall–Kier alpha value is -4.09. The number of halogens is 6. The highest BCUT2D eigenvalue weighted by atomic mass is 19.4. The molecule has 0 aliphatic heterocycles. The molecule has 0 aliphatic carbocycles. The number of carboxylic acids is 1. The summed E-state index contributed by atoms with van der Waals surface area (Å²) in [6.07, 6.45) is -9.06. The molecule has 6 nitrogen and oxygen atoms in total. The van der Waals surface area contributed by atoms with Gasteiger partial charge in [0.15, 0.2) is 0 Å². The van der Waals surface area contributed by atoms with Gasteiger partial charge in [0.1, 0.15) is 5.75 Å². The molecule has 3 aromatic rings. The highest BCUT2D eigenvalue weighted by molar-refractivity contribution is 5.94. The number of alkyl halides is 6. The van der Waals surface area contributed by atoms with Crippen LogP contribution in [0.15, 0.2) is 66.9 Å². The molecule has 0 spiro atoms. The van der Waals surface area contributed by atoms with E-state index in [2.05, 4.69) is 10.3 Å². The zero-order valence-electron chi connectivity index (χ0n) is 20.4. The Morgan fingerprint density at radius 1 is 0.923 bits per heavy atom. The van der Waals surface area contributed by atoms with Gasteiger partial charge >= 0.3 is 18.3 Å². The summed E-state index contributed by atoms with van der Waals surface area (Å²) in [5.74, 6) is -1.92. The number of hydrogen-bond acceptors (Lipinski definition) is 4. The predicted molar refractivity (Wildman–Crippen MR) is 129 cm³/mol. The van der Waals surface area contributed by atoms with Gasteiger partial charge in [-0.25, -0.2) is 0 Å². The van der Waals surface area contributed by atoms with Crippen molar-refractivity contribution in [2.75, 3.05) is 13.2 Å². The topological polar surface area (TPSA) is 88.5 Å². The van der Waals surface area contributed by atoms with Crippen LogP contribution >= 0.6 is 0 Å². The van der Waals surface area contributed by atoms with Crippen LogP contribution in [-0.2, 0) is 11.0 Å². The smallest absolute Gasteiger partial charge is 0.416 e. The minimum atomic E-state index is -4.48. The predicted octanol–water partition coefficient (Wildman–Crippen LogP) is 6.48. The summed E-state index contributed by atoms with van der Waals surface area (Å²) in [5.41, 5.74) is 0.692. The lowest BCUT2D eigenvalue weighted by molar-refractivity contribution is -0.138. The molecule has 0 unspecified atom stereocenters. The van der Waals surface area contributed by atoms with E-state index in [1.54, 1.807) is 6.07 Å². The van der Waals surface area contributed by atoms with E-state index in [1.165, 1.54) is 48.7 Å². The summed E-state index contributed by atoms with van der Waals surface area (Å²) >= 11 is 0. The van der Waals surface area contributed by atoms with Gasteiger partial charge < -0.3 is 15.2 Å². The molecule has 3 rings (SSSR count). The Balaban J connectivity index is 1.68. The van der Waals surface area contributed by atoms with Gasteiger partial charge in [-0.2, -0.15) is 26.3 Å². The van der Waals surface area contributed by atoms with E-state index in [9.17, 15) is 35.9 Å². The van der Waals surface area contributed by atoms with Crippen molar-refractivity contribution < 1.29 is 45.8 Å². The number of carbonyl (C=O) groups excluding carboxylic acids is 1. The molecule has 0 fully saturated rings. The lowest BCUT2D eigenvalue weighted by Crippen LogP contribution is -2.25. The summed E-state index contributed by atoms with van der Waals surface area (Å²) in [4.78, 5) is 26.8. The molecule has 0 radical (unpaired) electrons. The van der Waals surface area contributed by atoms with E-state index in [0.29, 0.717) is 22.6 Å². The molecule has 2 aromatic carbocycles. The van der Waals surface area contributed by atoms with Crippen molar-refractivity contribution in [2.45, 2.75) is 37.5 Å². The molecule has 0 aliphatic rings. The number of amides is 1. The molecule has 208 valence electrons. The average molecular weight is 554 g/mol. The SMILES string of the molecule is O=C(O)CCNC(=O)c1ccc(OC[C@H](CCC(F)(F)F)c2ccc(-c3ccc(C(F)(F)F)cc3)nc2)cc1. The van der Waals surface area contributed by atoms with Crippen LogP contribution in [-0.4, -0.2) is 41.3 Å². The Labute approximate surface area is 219 Å². The lowest BCUT2D eigenvalue weighted by atomic mass is 9.95. The van der Waals surface area contributed by atoms with Crippen LogP contribution in [0.3, 0.4) is 0 Å². The number of rotatable bonds is 11. The van der Waals surface area contributed by atoms with Gasteiger partial charge in [-0.1, -0.05) is 18.2 Å². The van der Waals surface area contributed by atoms with Crippen LogP contribution in [0, 0.1) is 0 Å². The van der Waals surface area contributed by atoms with Gasteiger partial charge in [0.05, 0.1) is 24.3 Å². The number of pyridine rings is 1. The maximum absolute atomic E-state index is 12.9. The molecule has 1 heterocycles. The Morgan fingerprint density at radius 2 is 1.59 bits per heavy atom. The number of nitrogens with one attached hydrogen (secondary N) is 1. The number of nitrogens with zero attached hydrogens (tertiary/aromatic N) is 1. The van der Waals surface area contributed by atoms with E-state index in [1.807, 2.05) is 0 Å². The number of hydrogen-bond donors (Lipinski definition) is 2. The number of carbonyl (C=O) groups is 2. The lowest BCUT2D eigenvalue weighted by Gasteiger charge is -2.19. The monoisotopic (exact) mass is 554 g/mol. The standard InChI is InChI=1S/C27H24F6N2O4/c28-26(29,30)13-11-20(16-39-22-8-3-18(4-9-22)25(38)34-14-12-24(36)37)19-5-10-23(35-15-19)17-1-6-21(7-2-17)27(31,32)33/h1-10,15,20H,11-14,16H2,(H,34,38)(H,36,37)/t20-/m0/s1. The van der Waals surface area contributed by atoms with Gasteiger partial charge in [-0.3, -0.25) is 14.6 Å². The van der Waals surface area contributed by atoms with Crippen LogP contribution in [0.5, 0.6) is 5.75 Å². The Morgan fingerprint density at radius 3 is 2.13 bits per heavy atom. The molecule has 1 atom stereocenters. The van der Waals surface area contributed by atoms with E-state index < -0.39 is 42.1 Å². The average Bonchev–Trinajstić information content (AvgIpc) is 2.88. The summed E-state index contributed by atoms with van der Waals surface area (Å²) in [5, 5.41) is 11.1. The van der Waals surface area contributed by atoms with Crippen molar-refractivity contribution in [3.63, 3.8) is 0 Å². The van der Waals surface area contributed by atoms with Crippen LogP contribution in [0.2, 0.25) is 0 Å². The second-order valence-electron chi connectivity index (χ2n) is 8.64. The first-order chi connectivity index (χ1) is 18.3. The largest absolute Gasteiger partial charge is 0.493 e. The summed E-state index contributed by atoms with van der Waals surface area (Å²) in [6, 6.07) is 13.3. The second kappa shape index (κ2) is 12.6. The first kappa shape index (κ1) is 29.5. The summed E-state index contributed by atoms with van der Waals surface area (Å²) < 4.78 is 82.9. The van der Waals surface area contributed by atoms with Crippen molar-refractivity contribution in [1.82, 2.24) is 10.3 Å². The summed E-state index contributed by atoms with van der Waals surface area (Å²) in [6.45, 7) is -0.166. The Kier molecular flexibility index (Phi) is 9.55. The maximum atomic E-state index is 12.9. The van der Waals surface area contributed by atoms with E-state index >= 15 is 0 Å². The molecule has 0 saturated carbocycles. The number of benzene rings is 2. The third-order valence-corrected chi connectivity index (χ3v) is 5.73. The maximum Gasteiger partial charge on any atom is 0.416 e. The number of carboxylic acid groups (broad SMARTS) is 1. The van der Waals surface area contributed by atoms with Crippen molar-refractivity contribution in [3.8, 4) is 17.0 Å². The minimum Gasteiger partial charge on any atom is -0.493 e. The van der Waals surface area contributed by atoms with Crippen molar-refractivity contribution >= 4 is 11.9 Å². The van der Waals surface area contributed by atoms with E-state index in [4.69, 9.17) is 9.84 Å². The molecular formula is C27H24F6N2O4. The molecule has 0 bridgehead atoms. The van der Waals surface area contributed by atoms with Gasteiger partial charge in [-0.15, -0.1) is 0 Å². The Bertz CT molecular complexity index is 1240. The molecule has 1 aromatic heterocycles. The third-order valence-electron chi connectivity index (χ3n) is 5.73.